The largest absolute Gasteiger partial charge is 0.481 e. The Balaban J connectivity index is 0. The van der Waals surface area contributed by atoms with Crippen LogP contribution in [0, 0.1) is 0 Å². The van der Waals surface area contributed by atoms with Crippen molar-refractivity contribution in [2.75, 3.05) is 0 Å². The first-order chi connectivity index (χ1) is 6.91. The van der Waals surface area contributed by atoms with Crippen LogP contribution >= 0.6 is 0 Å². The molecule has 0 rings (SSSR count). The lowest BCUT2D eigenvalue weighted by molar-refractivity contribution is -0.145. The molecule has 0 fully saturated rings. The Labute approximate surface area is 89.7 Å². The van der Waals surface area contributed by atoms with Gasteiger partial charge in [-0.2, -0.15) is 0 Å². The zero-order valence-electron chi connectivity index (χ0n) is 9.27. The van der Waals surface area contributed by atoms with E-state index in [9.17, 15) is 9.59 Å². The highest BCUT2D eigenvalue weighted by atomic mass is 16.4. The summed E-state index contributed by atoms with van der Waals surface area (Å²) in [5.74, 6) is -1.86. The molecular formula is C10H20O5. The SMILES string of the molecule is CC(O)C(=O)O.CCCCCCC(=O)O. The average Bonchev–Trinajstić information content (AvgIpc) is 2.13. The third-order valence-corrected chi connectivity index (χ3v) is 1.60. The number of carbonyl (C=O) groups is 2. The average molecular weight is 220 g/mol. The predicted octanol–water partition coefficient (Wildman–Crippen LogP) is 1.49. The van der Waals surface area contributed by atoms with E-state index in [4.69, 9.17) is 15.3 Å². The molecule has 0 aliphatic heterocycles. The molecule has 5 nitrogen and oxygen atoms in total. The molecule has 0 saturated heterocycles. The van der Waals surface area contributed by atoms with Crippen LogP contribution in [-0.2, 0) is 9.59 Å². The van der Waals surface area contributed by atoms with Crippen molar-refractivity contribution in [3.8, 4) is 0 Å². The summed E-state index contributed by atoms with van der Waals surface area (Å²) in [4.78, 5) is 19.4. The van der Waals surface area contributed by atoms with E-state index in [1.54, 1.807) is 0 Å². The van der Waals surface area contributed by atoms with Crippen molar-refractivity contribution >= 4 is 11.9 Å². The number of aliphatic hydroxyl groups excluding tert-OH is 1. The second kappa shape index (κ2) is 11.0. The van der Waals surface area contributed by atoms with Crippen LogP contribution in [0.5, 0.6) is 0 Å². The van der Waals surface area contributed by atoms with Crippen molar-refractivity contribution in [3.05, 3.63) is 0 Å². The monoisotopic (exact) mass is 220 g/mol. The Hall–Kier alpha value is -1.10. The van der Waals surface area contributed by atoms with Crippen molar-refractivity contribution < 1.29 is 24.9 Å². The minimum Gasteiger partial charge on any atom is -0.481 e. The van der Waals surface area contributed by atoms with Crippen LogP contribution in [0.25, 0.3) is 0 Å². The van der Waals surface area contributed by atoms with E-state index in [1.165, 1.54) is 13.3 Å². The summed E-state index contributed by atoms with van der Waals surface area (Å²) >= 11 is 0. The first kappa shape index (κ1) is 16.3. The van der Waals surface area contributed by atoms with Gasteiger partial charge < -0.3 is 15.3 Å². The Morgan fingerprint density at radius 3 is 1.87 bits per heavy atom. The number of hydrogen-bond acceptors (Lipinski definition) is 3. The van der Waals surface area contributed by atoms with Crippen LogP contribution in [0.2, 0.25) is 0 Å². The van der Waals surface area contributed by atoms with Gasteiger partial charge in [-0.05, 0) is 13.3 Å². The topological polar surface area (TPSA) is 94.8 Å². The van der Waals surface area contributed by atoms with Crippen LogP contribution in [0.15, 0.2) is 0 Å². The second-order valence-electron chi connectivity index (χ2n) is 3.22. The van der Waals surface area contributed by atoms with E-state index in [-0.39, 0.29) is 0 Å². The van der Waals surface area contributed by atoms with E-state index in [2.05, 4.69) is 6.92 Å². The molecule has 0 radical (unpaired) electrons. The summed E-state index contributed by atoms with van der Waals surface area (Å²) in [6.45, 7) is 3.31. The van der Waals surface area contributed by atoms with E-state index in [1.807, 2.05) is 0 Å². The van der Waals surface area contributed by atoms with Gasteiger partial charge in [-0.1, -0.05) is 26.2 Å². The highest BCUT2D eigenvalue weighted by Crippen LogP contribution is 2.01. The highest BCUT2D eigenvalue weighted by Gasteiger charge is 2.01. The van der Waals surface area contributed by atoms with Crippen molar-refractivity contribution in [1.82, 2.24) is 0 Å². The van der Waals surface area contributed by atoms with Gasteiger partial charge >= 0.3 is 11.9 Å². The highest BCUT2D eigenvalue weighted by molar-refractivity contribution is 5.71. The fourth-order valence-corrected chi connectivity index (χ4v) is 0.703. The minimum absolute atomic E-state index is 0.333. The normalized spacial score (nSPS) is 11.1. The minimum atomic E-state index is -1.23. The molecule has 0 aromatic heterocycles. The molecule has 5 heteroatoms. The number of carboxylic acids is 2. The lowest BCUT2D eigenvalue weighted by Crippen LogP contribution is -2.13. The molecule has 0 aromatic carbocycles. The van der Waals surface area contributed by atoms with Gasteiger partial charge in [0.05, 0.1) is 0 Å². The summed E-state index contributed by atoms with van der Waals surface area (Å²) in [5, 5.41) is 24.0. The Kier molecular flexibility index (Phi) is 12.0. The lowest BCUT2D eigenvalue weighted by atomic mass is 10.2. The molecule has 1 unspecified atom stereocenters. The molecule has 0 bridgehead atoms. The number of carboxylic acid groups (broad SMARTS) is 2. The smallest absolute Gasteiger partial charge is 0.332 e. The maximum Gasteiger partial charge on any atom is 0.332 e. The number of aliphatic hydroxyl groups is 1. The Morgan fingerprint density at radius 2 is 1.60 bits per heavy atom. The molecular weight excluding hydrogens is 200 g/mol. The molecule has 0 aliphatic rings. The van der Waals surface area contributed by atoms with Gasteiger partial charge in [0.2, 0.25) is 0 Å². The van der Waals surface area contributed by atoms with Crippen LogP contribution in [0.1, 0.15) is 46.0 Å². The molecule has 3 N–H and O–H groups in total. The zero-order valence-corrected chi connectivity index (χ0v) is 9.27. The standard InChI is InChI=1S/C7H14O2.C3H6O3/c1-2-3-4-5-6-7(8)9;1-2(4)3(5)6/h2-6H2,1H3,(H,8,9);2,4H,1H3,(H,5,6). The third-order valence-electron chi connectivity index (χ3n) is 1.60. The molecule has 0 aliphatic carbocycles. The van der Waals surface area contributed by atoms with E-state index in [0.717, 1.165) is 19.3 Å². The fraction of sp³-hybridized carbons (Fsp3) is 0.800. The quantitative estimate of drug-likeness (QED) is 0.589. The summed E-state index contributed by atoms with van der Waals surface area (Å²) in [5.41, 5.74) is 0. The fourth-order valence-electron chi connectivity index (χ4n) is 0.703. The van der Waals surface area contributed by atoms with Gasteiger partial charge in [0.25, 0.3) is 0 Å². The third kappa shape index (κ3) is 19.3. The van der Waals surface area contributed by atoms with Gasteiger partial charge in [0, 0.05) is 6.42 Å². The first-order valence-electron chi connectivity index (χ1n) is 5.04. The number of aliphatic carboxylic acids is 2. The van der Waals surface area contributed by atoms with Gasteiger partial charge in [0.1, 0.15) is 6.10 Å². The molecule has 0 heterocycles. The second-order valence-corrected chi connectivity index (χ2v) is 3.22. The van der Waals surface area contributed by atoms with Crippen LogP contribution < -0.4 is 0 Å². The van der Waals surface area contributed by atoms with E-state index >= 15 is 0 Å². The summed E-state index contributed by atoms with van der Waals surface area (Å²) in [6, 6.07) is 0. The summed E-state index contributed by atoms with van der Waals surface area (Å²) < 4.78 is 0. The van der Waals surface area contributed by atoms with Crippen molar-refractivity contribution in [1.29, 1.82) is 0 Å². The van der Waals surface area contributed by atoms with Gasteiger partial charge in [-0.3, -0.25) is 4.79 Å². The van der Waals surface area contributed by atoms with E-state index in [0.29, 0.717) is 6.42 Å². The van der Waals surface area contributed by atoms with Crippen LogP contribution in [-0.4, -0.2) is 33.4 Å². The molecule has 0 saturated carbocycles. The molecule has 0 spiro atoms. The molecule has 0 amide bonds. The van der Waals surface area contributed by atoms with E-state index < -0.39 is 18.0 Å². The predicted molar refractivity (Wildman–Crippen MR) is 55.7 cm³/mol. The number of hydrogen-bond donors (Lipinski definition) is 3. The van der Waals surface area contributed by atoms with Crippen molar-refractivity contribution in [2.24, 2.45) is 0 Å². The van der Waals surface area contributed by atoms with Crippen molar-refractivity contribution in [2.45, 2.75) is 52.1 Å². The molecule has 15 heavy (non-hydrogen) atoms. The van der Waals surface area contributed by atoms with Gasteiger partial charge in [-0.25, -0.2) is 4.79 Å². The molecule has 0 aromatic rings. The summed E-state index contributed by atoms with van der Waals surface area (Å²) in [6.07, 6.45) is 3.32. The van der Waals surface area contributed by atoms with Crippen molar-refractivity contribution in [3.63, 3.8) is 0 Å². The number of rotatable bonds is 6. The lowest BCUT2D eigenvalue weighted by Gasteiger charge is -1.92. The van der Waals surface area contributed by atoms with Crippen LogP contribution in [0.3, 0.4) is 0 Å². The Morgan fingerprint density at radius 1 is 1.13 bits per heavy atom. The van der Waals surface area contributed by atoms with Gasteiger partial charge in [0.15, 0.2) is 0 Å². The summed E-state index contributed by atoms with van der Waals surface area (Å²) in [7, 11) is 0. The zero-order chi connectivity index (χ0) is 12.3. The van der Waals surface area contributed by atoms with Gasteiger partial charge in [-0.15, -0.1) is 0 Å². The number of unbranched alkanes of at least 4 members (excludes halogenated alkanes) is 3. The molecule has 1 atom stereocenters. The van der Waals surface area contributed by atoms with Crippen LogP contribution in [0.4, 0.5) is 0 Å². The first-order valence-corrected chi connectivity index (χ1v) is 5.04. The maximum atomic E-state index is 9.96. The molecule has 90 valence electrons. The maximum absolute atomic E-state index is 9.96. The Bertz CT molecular complexity index is 177.